The number of nitrogens with one attached hydrogen (secondary N) is 1. The van der Waals surface area contributed by atoms with Crippen LogP contribution in [0.1, 0.15) is 18.2 Å². The molecule has 114 valence electrons. The predicted octanol–water partition coefficient (Wildman–Crippen LogP) is -0.929. The molecule has 0 unspecified atom stereocenters. The highest BCUT2D eigenvalue weighted by atomic mass is 16.3. The molecule has 0 aromatic carbocycles. The van der Waals surface area contributed by atoms with Crippen molar-refractivity contribution in [1.29, 1.82) is 0 Å². The van der Waals surface area contributed by atoms with Crippen molar-refractivity contribution in [2.24, 2.45) is 5.10 Å². The topological polar surface area (TPSA) is 111 Å². The first-order chi connectivity index (χ1) is 9.99. The fourth-order valence-corrected chi connectivity index (χ4v) is 2.18. The zero-order chi connectivity index (χ0) is 15.6. The highest BCUT2D eigenvalue weighted by Gasteiger charge is 2.27. The number of aliphatic hydroxyl groups excluding tert-OH is 2. The normalized spacial score (nSPS) is 17.0. The monoisotopic (exact) mass is 294 g/mol. The van der Waals surface area contributed by atoms with E-state index in [-0.39, 0.29) is 37.8 Å². The van der Waals surface area contributed by atoms with Gasteiger partial charge in [0, 0.05) is 5.69 Å². The number of rotatable bonds is 5. The van der Waals surface area contributed by atoms with Gasteiger partial charge in [0.2, 0.25) is 0 Å². The van der Waals surface area contributed by atoms with E-state index in [2.05, 4.69) is 10.2 Å². The van der Waals surface area contributed by atoms with Crippen LogP contribution in [0.5, 0.6) is 0 Å². The van der Waals surface area contributed by atoms with Gasteiger partial charge in [-0.3, -0.25) is 19.4 Å². The van der Waals surface area contributed by atoms with Crippen LogP contribution in [0.15, 0.2) is 15.5 Å². The molecule has 0 radical (unpaired) electrons. The van der Waals surface area contributed by atoms with Crippen LogP contribution in [0.2, 0.25) is 0 Å². The molecule has 0 atom stereocenters. The Morgan fingerprint density at radius 1 is 1.19 bits per heavy atom. The molecule has 0 bridgehead atoms. The number of hydrazone groups is 1. The quantitative estimate of drug-likeness (QED) is 0.609. The Bertz CT molecular complexity index is 668. The number of aliphatic hydroxyl groups is 2. The maximum absolute atomic E-state index is 12.2. The van der Waals surface area contributed by atoms with Gasteiger partial charge < -0.3 is 10.2 Å². The van der Waals surface area contributed by atoms with Gasteiger partial charge in [0.15, 0.2) is 0 Å². The lowest BCUT2D eigenvalue weighted by atomic mass is 10.1. The first-order valence-corrected chi connectivity index (χ1v) is 6.59. The van der Waals surface area contributed by atoms with Crippen LogP contribution in [-0.2, 0) is 11.3 Å². The van der Waals surface area contributed by atoms with E-state index in [1.54, 1.807) is 13.8 Å². The van der Waals surface area contributed by atoms with E-state index in [9.17, 15) is 9.59 Å². The van der Waals surface area contributed by atoms with E-state index in [0.29, 0.717) is 22.5 Å². The van der Waals surface area contributed by atoms with Gasteiger partial charge in [-0.05, 0) is 19.9 Å². The molecule has 8 nitrogen and oxygen atoms in total. The van der Waals surface area contributed by atoms with E-state index < -0.39 is 0 Å². The van der Waals surface area contributed by atoms with Crippen molar-refractivity contribution in [3.63, 3.8) is 0 Å². The SMILES string of the molecule is CC1=NN(CCO)C(=O)C1=Cc1c(C)[nH]n(CCO)c1=O. The first-order valence-electron chi connectivity index (χ1n) is 6.59. The highest BCUT2D eigenvalue weighted by molar-refractivity contribution is 6.26. The lowest BCUT2D eigenvalue weighted by molar-refractivity contribution is -0.126. The summed E-state index contributed by atoms with van der Waals surface area (Å²) in [6.45, 7) is 3.35. The summed E-state index contributed by atoms with van der Waals surface area (Å²) < 4.78 is 1.29. The van der Waals surface area contributed by atoms with Gasteiger partial charge in [-0.15, -0.1) is 0 Å². The molecule has 3 N–H and O–H groups in total. The summed E-state index contributed by atoms with van der Waals surface area (Å²) in [5, 5.41) is 25.9. The Labute approximate surface area is 121 Å². The van der Waals surface area contributed by atoms with Crippen molar-refractivity contribution in [2.75, 3.05) is 19.8 Å². The van der Waals surface area contributed by atoms with Gasteiger partial charge in [-0.2, -0.15) is 5.10 Å². The molecule has 2 rings (SSSR count). The molecule has 0 aliphatic carbocycles. The number of aromatic nitrogens is 2. The van der Waals surface area contributed by atoms with Crippen LogP contribution >= 0.6 is 0 Å². The third kappa shape index (κ3) is 2.81. The molecular formula is C13H18N4O4. The minimum Gasteiger partial charge on any atom is -0.394 e. The third-order valence-electron chi connectivity index (χ3n) is 3.23. The molecular weight excluding hydrogens is 276 g/mol. The van der Waals surface area contributed by atoms with Crippen LogP contribution in [0.3, 0.4) is 0 Å². The molecule has 1 aromatic heterocycles. The molecule has 21 heavy (non-hydrogen) atoms. The predicted molar refractivity (Wildman–Crippen MR) is 76.8 cm³/mol. The van der Waals surface area contributed by atoms with E-state index in [4.69, 9.17) is 10.2 Å². The van der Waals surface area contributed by atoms with Crippen molar-refractivity contribution < 1.29 is 15.0 Å². The van der Waals surface area contributed by atoms with Crippen molar-refractivity contribution in [1.82, 2.24) is 14.8 Å². The number of aromatic amines is 1. The summed E-state index contributed by atoms with van der Waals surface area (Å²) in [6.07, 6.45) is 1.50. The minimum atomic E-state index is -0.338. The van der Waals surface area contributed by atoms with Gasteiger partial charge in [-0.1, -0.05) is 0 Å². The van der Waals surface area contributed by atoms with E-state index in [1.807, 2.05) is 0 Å². The summed E-state index contributed by atoms with van der Waals surface area (Å²) in [5.41, 5.74) is 1.52. The van der Waals surface area contributed by atoms with E-state index >= 15 is 0 Å². The highest BCUT2D eigenvalue weighted by Crippen LogP contribution is 2.17. The number of hydrogen-bond donors (Lipinski definition) is 3. The summed E-state index contributed by atoms with van der Waals surface area (Å²) >= 11 is 0. The van der Waals surface area contributed by atoms with Crippen LogP contribution in [0.4, 0.5) is 0 Å². The molecule has 1 aliphatic rings. The number of hydrogen-bond acceptors (Lipinski definition) is 5. The second kappa shape index (κ2) is 6.06. The van der Waals surface area contributed by atoms with Gasteiger partial charge in [0.1, 0.15) is 0 Å². The largest absolute Gasteiger partial charge is 0.394 e. The Kier molecular flexibility index (Phi) is 4.39. The summed E-state index contributed by atoms with van der Waals surface area (Å²) in [4.78, 5) is 24.3. The molecule has 2 heterocycles. The lowest BCUT2D eigenvalue weighted by Crippen LogP contribution is -2.25. The number of H-pyrrole nitrogens is 1. The Hall–Kier alpha value is -2.19. The van der Waals surface area contributed by atoms with Gasteiger partial charge in [0.05, 0.1) is 43.2 Å². The van der Waals surface area contributed by atoms with Crippen LogP contribution < -0.4 is 5.56 Å². The van der Waals surface area contributed by atoms with Crippen molar-refractivity contribution in [2.45, 2.75) is 20.4 Å². The standard InChI is InChI=1S/C13H18N4O4/c1-8-10(12(20)16(14-8)3-5-18)7-11-9(2)15-17(4-6-19)13(11)21/h7,14,18-19H,3-6H2,1-2H3. The van der Waals surface area contributed by atoms with Gasteiger partial charge >= 0.3 is 0 Å². The van der Waals surface area contributed by atoms with E-state index in [0.717, 1.165) is 0 Å². The average Bonchev–Trinajstić information content (AvgIpc) is 2.84. The summed E-state index contributed by atoms with van der Waals surface area (Å²) in [7, 11) is 0. The second-order valence-electron chi connectivity index (χ2n) is 4.73. The molecule has 1 aromatic rings. The first kappa shape index (κ1) is 15.2. The fourth-order valence-electron chi connectivity index (χ4n) is 2.18. The molecule has 8 heteroatoms. The Morgan fingerprint density at radius 3 is 2.48 bits per heavy atom. The molecule has 0 fully saturated rings. The van der Waals surface area contributed by atoms with Gasteiger partial charge in [0.25, 0.3) is 11.5 Å². The Morgan fingerprint density at radius 2 is 1.86 bits per heavy atom. The number of carbonyl (C=O) groups is 1. The summed E-state index contributed by atoms with van der Waals surface area (Å²) in [5.74, 6) is -0.338. The van der Waals surface area contributed by atoms with E-state index in [1.165, 1.54) is 15.8 Å². The summed E-state index contributed by atoms with van der Waals surface area (Å²) in [6, 6.07) is 0. The smallest absolute Gasteiger partial charge is 0.275 e. The van der Waals surface area contributed by atoms with Crippen molar-refractivity contribution in [3.8, 4) is 0 Å². The lowest BCUT2D eigenvalue weighted by Gasteiger charge is -2.08. The molecule has 0 saturated carbocycles. The molecule has 1 aliphatic heterocycles. The van der Waals surface area contributed by atoms with Crippen molar-refractivity contribution >= 4 is 17.7 Å². The average molecular weight is 294 g/mol. The number of carbonyl (C=O) groups excluding carboxylic acids is 1. The zero-order valence-corrected chi connectivity index (χ0v) is 12.0. The third-order valence-corrected chi connectivity index (χ3v) is 3.23. The van der Waals surface area contributed by atoms with Crippen molar-refractivity contribution in [3.05, 3.63) is 27.2 Å². The maximum Gasteiger partial charge on any atom is 0.275 e. The maximum atomic E-state index is 12.2. The Balaban J connectivity index is 2.39. The number of nitrogens with zero attached hydrogens (tertiary/aromatic N) is 3. The van der Waals surface area contributed by atoms with Crippen LogP contribution in [0, 0.1) is 6.92 Å². The number of amides is 1. The molecule has 0 spiro atoms. The minimum absolute atomic E-state index is 0.119. The van der Waals surface area contributed by atoms with Crippen LogP contribution in [0.25, 0.3) is 6.08 Å². The molecule has 0 saturated heterocycles. The van der Waals surface area contributed by atoms with Crippen LogP contribution in [-0.4, -0.2) is 56.4 Å². The zero-order valence-electron chi connectivity index (χ0n) is 12.0. The second-order valence-corrected chi connectivity index (χ2v) is 4.73. The molecule has 1 amide bonds. The number of aryl methyl sites for hydroxylation is 1. The number of β-amino-alcohol motifs (C(OH)–C–C–N with tert-alkyl or cyclic N) is 1. The fraction of sp³-hybridized carbons (Fsp3) is 0.462. The van der Waals surface area contributed by atoms with Gasteiger partial charge in [-0.25, -0.2) is 5.01 Å².